The van der Waals surface area contributed by atoms with E-state index in [1.54, 1.807) is 12.1 Å². The van der Waals surface area contributed by atoms with Crippen LogP contribution in [0.5, 0.6) is 11.5 Å². The van der Waals surface area contributed by atoms with Crippen LogP contribution in [0.2, 0.25) is 0 Å². The van der Waals surface area contributed by atoms with Gasteiger partial charge in [-0.15, -0.1) is 0 Å². The average molecular weight is 515 g/mol. The summed E-state index contributed by atoms with van der Waals surface area (Å²) < 4.78 is 35.9. The number of ether oxygens (including phenoxy) is 1. The largest absolute Gasteiger partial charge is 0.493 e. The summed E-state index contributed by atoms with van der Waals surface area (Å²) >= 11 is 0. The summed E-state index contributed by atoms with van der Waals surface area (Å²) in [6.45, 7) is 3.99. The predicted molar refractivity (Wildman–Crippen MR) is 136 cm³/mol. The van der Waals surface area contributed by atoms with Crippen molar-refractivity contribution in [3.8, 4) is 11.5 Å². The number of benzene rings is 2. The molecule has 0 bridgehead atoms. The molecule has 3 aromatic rings. The van der Waals surface area contributed by atoms with Gasteiger partial charge in [0.1, 0.15) is 11.6 Å². The lowest BCUT2D eigenvalue weighted by Crippen LogP contribution is -2.13. The Hall–Kier alpha value is -4.26. The first-order chi connectivity index (χ1) is 17.0. The van der Waals surface area contributed by atoms with Crippen molar-refractivity contribution in [1.29, 1.82) is 0 Å². The Morgan fingerprint density at radius 2 is 1.83 bits per heavy atom. The fourth-order valence-corrected chi connectivity index (χ4v) is 4.09. The number of nitro benzene ring substituents is 1. The van der Waals surface area contributed by atoms with Gasteiger partial charge in [-0.25, -0.2) is 9.97 Å². The van der Waals surface area contributed by atoms with Crippen LogP contribution in [-0.2, 0) is 10.1 Å². The van der Waals surface area contributed by atoms with Crippen molar-refractivity contribution < 1.29 is 22.3 Å². The third-order valence-electron chi connectivity index (χ3n) is 4.82. The van der Waals surface area contributed by atoms with Crippen molar-refractivity contribution in [1.82, 2.24) is 9.97 Å². The van der Waals surface area contributed by atoms with Gasteiger partial charge in [-0.3, -0.25) is 15.5 Å². The summed E-state index contributed by atoms with van der Waals surface area (Å²) in [5, 5.41) is 15.4. The minimum absolute atomic E-state index is 0.0973. The van der Waals surface area contributed by atoms with E-state index in [0.717, 1.165) is 18.0 Å². The summed E-state index contributed by atoms with van der Waals surface area (Å²) in [6.07, 6.45) is 1.50. The Morgan fingerprint density at radius 3 is 2.47 bits per heavy atom. The third kappa shape index (κ3) is 6.24. The van der Waals surface area contributed by atoms with Crippen LogP contribution in [0.4, 0.5) is 17.3 Å². The molecule has 0 aliphatic heterocycles. The van der Waals surface area contributed by atoms with Crippen LogP contribution >= 0.6 is 0 Å². The minimum atomic E-state index is -4.50. The number of nitrogens with one attached hydrogen (secondary N) is 1. The highest BCUT2D eigenvalue weighted by atomic mass is 32.2. The summed E-state index contributed by atoms with van der Waals surface area (Å²) in [5.74, 6) is 2.00. The monoisotopic (exact) mass is 514 g/mol. The first-order valence-electron chi connectivity index (χ1n) is 10.7. The van der Waals surface area contributed by atoms with Gasteiger partial charge in [0, 0.05) is 32.1 Å². The van der Waals surface area contributed by atoms with Gasteiger partial charge >= 0.3 is 10.1 Å². The Balaban J connectivity index is 1.82. The van der Waals surface area contributed by atoms with E-state index < -0.39 is 25.6 Å². The Kier molecular flexibility index (Phi) is 8.04. The van der Waals surface area contributed by atoms with Crippen molar-refractivity contribution in [2.45, 2.75) is 24.7 Å². The van der Waals surface area contributed by atoms with E-state index in [2.05, 4.69) is 20.5 Å². The number of rotatable bonds is 10. The first kappa shape index (κ1) is 26.3. The molecule has 0 atom stereocenters. The lowest BCUT2D eigenvalue weighted by molar-refractivity contribution is -0.387. The zero-order chi connectivity index (χ0) is 26.5. The second-order valence-corrected chi connectivity index (χ2v) is 9.58. The molecule has 1 heterocycles. The van der Waals surface area contributed by atoms with Gasteiger partial charge in [-0.1, -0.05) is 26.0 Å². The minimum Gasteiger partial charge on any atom is -0.493 e. The molecule has 0 unspecified atom stereocenters. The van der Waals surface area contributed by atoms with Crippen LogP contribution in [0.15, 0.2) is 58.5 Å². The number of para-hydroxylation sites is 1. The van der Waals surface area contributed by atoms with Crippen LogP contribution < -0.4 is 19.2 Å². The van der Waals surface area contributed by atoms with E-state index in [1.807, 2.05) is 32.8 Å². The van der Waals surface area contributed by atoms with Gasteiger partial charge in [0.2, 0.25) is 0 Å². The van der Waals surface area contributed by atoms with Gasteiger partial charge in [0.05, 0.1) is 18.2 Å². The molecule has 0 spiro atoms. The molecule has 0 aliphatic carbocycles. The maximum atomic E-state index is 12.7. The number of anilines is 2. The fraction of sp³-hybridized carbons (Fsp3) is 0.261. The van der Waals surface area contributed by atoms with Crippen LogP contribution in [0.25, 0.3) is 0 Å². The Labute approximate surface area is 208 Å². The summed E-state index contributed by atoms with van der Waals surface area (Å²) in [7, 11) is 0.609. The Morgan fingerprint density at radius 1 is 1.11 bits per heavy atom. The van der Waals surface area contributed by atoms with Gasteiger partial charge in [-0.05, 0) is 29.8 Å². The van der Waals surface area contributed by atoms with Crippen molar-refractivity contribution in [2.24, 2.45) is 5.10 Å². The van der Waals surface area contributed by atoms with Gasteiger partial charge in [0.15, 0.2) is 22.2 Å². The van der Waals surface area contributed by atoms with Crippen molar-refractivity contribution in [2.75, 3.05) is 31.5 Å². The molecule has 0 radical (unpaired) electrons. The maximum Gasteiger partial charge on any atom is 0.346 e. The highest BCUT2D eigenvalue weighted by Gasteiger charge is 2.28. The smallest absolute Gasteiger partial charge is 0.346 e. The fourth-order valence-electron chi connectivity index (χ4n) is 2.99. The van der Waals surface area contributed by atoms with Crippen molar-refractivity contribution >= 4 is 33.7 Å². The summed E-state index contributed by atoms with van der Waals surface area (Å²) in [4.78, 5) is 20.7. The number of nitro groups is 1. The predicted octanol–water partition coefficient (Wildman–Crippen LogP) is 3.80. The number of hydrazone groups is 1. The number of hydrogen-bond donors (Lipinski definition) is 1. The average Bonchev–Trinajstić information content (AvgIpc) is 2.84. The molecule has 1 aromatic heterocycles. The maximum absolute atomic E-state index is 12.7. The molecule has 12 nitrogen and oxygen atoms in total. The molecule has 0 fully saturated rings. The summed E-state index contributed by atoms with van der Waals surface area (Å²) in [5.41, 5.74) is 2.85. The van der Waals surface area contributed by atoms with Gasteiger partial charge in [0.25, 0.3) is 5.69 Å². The van der Waals surface area contributed by atoms with E-state index in [9.17, 15) is 18.5 Å². The second-order valence-electron chi connectivity index (χ2n) is 8.06. The van der Waals surface area contributed by atoms with Crippen molar-refractivity contribution in [3.05, 3.63) is 70.0 Å². The molecule has 2 aromatic carbocycles. The second kappa shape index (κ2) is 11.0. The quantitative estimate of drug-likeness (QED) is 0.183. The molecule has 0 aliphatic rings. The molecular formula is C23H26N6O6S. The molecular weight excluding hydrogens is 488 g/mol. The van der Waals surface area contributed by atoms with E-state index in [0.29, 0.717) is 17.2 Å². The van der Waals surface area contributed by atoms with Crippen LogP contribution in [0.1, 0.15) is 31.2 Å². The molecule has 0 saturated carbocycles. The van der Waals surface area contributed by atoms with E-state index >= 15 is 0 Å². The number of methoxy groups -OCH3 is 1. The normalized spacial score (nSPS) is 11.5. The van der Waals surface area contributed by atoms with Crippen LogP contribution in [0.3, 0.4) is 0 Å². The standard InChI is InChI=1S/C23H26N6O6S/c1-15(2)23-25-21(13-22(26-23)28(3)4)27-24-14-16-10-11-18(19(12-16)34-5)35-36(32,33)20-9-7-6-8-17(20)29(30)31/h6-15H,1-5H3,(H,25,26,27)/b24-14-. The molecule has 3 rings (SSSR count). The number of nitrogens with zero attached hydrogens (tertiary/aromatic N) is 5. The molecule has 1 N–H and O–H groups in total. The number of aromatic nitrogens is 2. The number of hydrogen-bond acceptors (Lipinski definition) is 11. The highest BCUT2D eigenvalue weighted by molar-refractivity contribution is 7.87. The van der Waals surface area contributed by atoms with Gasteiger partial charge in [-0.2, -0.15) is 13.5 Å². The van der Waals surface area contributed by atoms with Crippen molar-refractivity contribution in [3.63, 3.8) is 0 Å². The summed E-state index contributed by atoms with van der Waals surface area (Å²) in [6, 6.07) is 11.1. The molecule has 190 valence electrons. The molecule has 36 heavy (non-hydrogen) atoms. The molecule has 0 amide bonds. The van der Waals surface area contributed by atoms with E-state index in [4.69, 9.17) is 8.92 Å². The van der Waals surface area contributed by atoms with Gasteiger partial charge < -0.3 is 13.8 Å². The Bertz CT molecular complexity index is 1370. The zero-order valence-corrected chi connectivity index (χ0v) is 21.2. The van der Waals surface area contributed by atoms with E-state index in [1.165, 1.54) is 37.6 Å². The van der Waals surface area contributed by atoms with Crippen LogP contribution in [0, 0.1) is 10.1 Å². The third-order valence-corrected chi connectivity index (χ3v) is 6.10. The van der Waals surface area contributed by atoms with E-state index in [-0.39, 0.29) is 17.4 Å². The topological polar surface area (TPSA) is 149 Å². The lowest BCUT2D eigenvalue weighted by atomic mass is 10.2. The molecule has 0 saturated heterocycles. The SMILES string of the molecule is COc1cc(/C=N\Nc2cc(N(C)C)nc(C(C)C)n2)ccc1OS(=O)(=O)c1ccccc1[N+](=O)[O-]. The van der Waals surface area contributed by atoms with Crippen LogP contribution in [-0.4, -0.2) is 50.7 Å². The molecule has 13 heteroatoms. The zero-order valence-electron chi connectivity index (χ0n) is 20.4. The highest BCUT2D eigenvalue weighted by Crippen LogP contribution is 2.32. The lowest BCUT2D eigenvalue weighted by Gasteiger charge is -2.15. The first-order valence-corrected chi connectivity index (χ1v) is 12.1.